The van der Waals surface area contributed by atoms with Crippen LogP contribution < -0.4 is 0 Å². The molecule has 24 heavy (non-hydrogen) atoms. The molecule has 4 nitrogen and oxygen atoms in total. The van der Waals surface area contributed by atoms with Gasteiger partial charge >= 0.3 is 5.97 Å². The van der Waals surface area contributed by atoms with E-state index < -0.39 is 5.60 Å². The van der Waals surface area contributed by atoms with Gasteiger partial charge in [-0.05, 0) is 57.2 Å². The van der Waals surface area contributed by atoms with Crippen molar-refractivity contribution in [1.29, 1.82) is 0 Å². The van der Waals surface area contributed by atoms with Gasteiger partial charge in [0.1, 0.15) is 23.7 Å². The highest BCUT2D eigenvalue weighted by atomic mass is 16.7. The first kappa shape index (κ1) is 15.7. The number of hydrogen-bond acceptors (Lipinski definition) is 4. The highest BCUT2D eigenvalue weighted by Crippen LogP contribution is 2.52. The summed E-state index contributed by atoms with van der Waals surface area (Å²) < 4.78 is 17.5. The van der Waals surface area contributed by atoms with E-state index in [4.69, 9.17) is 13.9 Å². The summed E-state index contributed by atoms with van der Waals surface area (Å²) in [4.78, 5) is 12.3. The average molecular weight is 328 g/mol. The summed E-state index contributed by atoms with van der Waals surface area (Å²) in [5.74, 6) is 1.98. The van der Waals surface area contributed by atoms with Crippen LogP contribution in [0.5, 0.6) is 0 Å². The van der Waals surface area contributed by atoms with E-state index in [1.807, 2.05) is 19.9 Å². The summed E-state index contributed by atoms with van der Waals surface area (Å²) >= 11 is 0. The molecular weight excluding hydrogens is 304 g/mol. The van der Waals surface area contributed by atoms with E-state index in [1.165, 1.54) is 5.56 Å². The summed E-state index contributed by atoms with van der Waals surface area (Å²) in [6, 6.07) is 2.08. The fourth-order valence-electron chi connectivity index (χ4n) is 4.06. The lowest BCUT2D eigenvalue weighted by Crippen LogP contribution is -2.24. The van der Waals surface area contributed by atoms with Crippen LogP contribution in [0.1, 0.15) is 50.2 Å². The van der Waals surface area contributed by atoms with Gasteiger partial charge in [-0.25, -0.2) is 4.79 Å². The van der Waals surface area contributed by atoms with Gasteiger partial charge in [0.25, 0.3) is 0 Å². The molecule has 4 bridgehead atoms. The normalized spacial score (nSPS) is 37.2. The van der Waals surface area contributed by atoms with Crippen molar-refractivity contribution in [2.75, 3.05) is 0 Å². The van der Waals surface area contributed by atoms with Crippen molar-refractivity contribution in [1.82, 2.24) is 0 Å². The molecule has 4 heteroatoms. The molecule has 0 amide bonds. The minimum absolute atomic E-state index is 0.0899. The highest BCUT2D eigenvalue weighted by Gasteiger charge is 2.72. The van der Waals surface area contributed by atoms with Gasteiger partial charge in [0.05, 0.1) is 0 Å². The number of esters is 1. The lowest BCUT2D eigenvalue weighted by atomic mass is 9.86. The van der Waals surface area contributed by atoms with Crippen LogP contribution in [0.3, 0.4) is 0 Å². The summed E-state index contributed by atoms with van der Waals surface area (Å²) in [6.07, 6.45) is 4.83. The molecule has 0 unspecified atom stereocenters. The summed E-state index contributed by atoms with van der Waals surface area (Å²) in [6.45, 7) is 10.3. The predicted octanol–water partition coefficient (Wildman–Crippen LogP) is 3.97. The van der Waals surface area contributed by atoms with Crippen LogP contribution in [0.2, 0.25) is 0 Å². The molecule has 0 aliphatic carbocycles. The predicted molar refractivity (Wildman–Crippen MR) is 90.4 cm³/mol. The third-order valence-electron chi connectivity index (χ3n) is 5.63. The molecular formula is C20H24O4. The Hall–Kier alpha value is -1.81. The van der Waals surface area contributed by atoms with Crippen molar-refractivity contribution in [2.24, 2.45) is 5.92 Å². The van der Waals surface area contributed by atoms with Gasteiger partial charge in [-0.1, -0.05) is 17.7 Å². The Balaban J connectivity index is 1.70. The average Bonchev–Trinajstić information content (AvgIpc) is 3.06. The Bertz CT molecular complexity index is 741. The number of furan rings is 1. The maximum atomic E-state index is 12.3. The molecule has 4 heterocycles. The minimum atomic E-state index is -0.699. The Morgan fingerprint density at radius 1 is 1.33 bits per heavy atom. The molecule has 3 aliphatic heterocycles. The maximum Gasteiger partial charge on any atom is 0.341 e. The van der Waals surface area contributed by atoms with Gasteiger partial charge in [-0.3, -0.25) is 0 Å². The number of aryl methyl sites for hydroxylation is 1. The third kappa shape index (κ3) is 2.44. The van der Waals surface area contributed by atoms with E-state index in [1.54, 1.807) is 0 Å². The van der Waals surface area contributed by atoms with Gasteiger partial charge < -0.3 is 13.9 Å². The summed E-state index contributed by atoms with van der Waals surface area (Å²) in [5.41, 5.74) is 2.72. The third-order valence-corrected chi connectivity index (χ3v) is 5.63. The van der Waals surface area contributed by atoms with Crippen LogP contribution in [0.15, 0.2) is 28.2 Å². The zero-order valence-electron chi connectivity index (χ0n) is 14.6. The van der Waals surface area contributed by atoms with E-state index in [9.17, 15) is 4.79 Å². The fourth-order valence-corrected chi connectivity index (χ4v) is 4.06. The standard InChI is InChI=1S/C20H24O4/c1-11(2)14-5-6-20-18(24-20)17(23-19(20)21)8-12(3)7-15-9-13(4)16(10-14)22-15/h7,9,14,17-18H,1,5-6,8,10H2,2-4H3/b12-7-/t14-,17+,18+,20+/m1/s1. The number of allylic oxidation sites excluding steroid dienone is 1. The molecule has 1 aromatic heterocycles. The van der Waals surface area contributed by atoms with E-state index >= 15 is 0 Å². The van der Waals surface area contributed by atoms with Crippen LogP contribution >= 0.6 is 0 Å². The second kappa shape index (κ2) is 5.35. The molecule has 0 saturated carbocycles. The van der Waals surface area contributed by atoms with Crippen molar-refractivity contribution >= 4 is 12.0 Å². The van der Waals surface area contributed by atoms with Gasteiger partial charge in [-0.2, -0.15) is 0 Å². The number of epoxide rings is 1. The molecule has 0 aromatic carbocycles. The van der Waals surface area contributed by atoms with Crippen LogP contribution in [0, 0.1) is 12.8 Å². The van der Waals surface area contributed by atoms with E-state index in [-0.39, 0.29) is 24.1 Å². The number of ether oxygens (including phenoxy) is 2. The molecule has 0 radical (unpaired) electrons. The Labute approximate surface area is 142 Å². The number of hydrogen-bond donors (Lipinski definition) is 0. The van der Waals surface area contributed by atoms with Crippen molar-refractivity contribution in [3.63, 3.8) is 0 Å². The molecule has 1 aromatic rings. The molecule has 2 fully saturated rings. The minimum Gasteiger partial charge on any atom is -0.461 e. The first-order chi connectivity index (χ1) is 11.4. The number of carbonyl (C=O) groups is 1. The molecule has 128 valence electrons. The number of rotatable bonds is 1. The Morgan fingerprint density at radius 3 is 2.83 bits per heavy atom. The largest absolute Gasteiger partial charge is 0.461 e. The molecule has 3 aliphatic rings. The van der Waals surface area contributed by atoms with Crippen molar-refractivity contribution < 1.29 is 18.7 Å². The van der Waals surface area contributed by atoms with E-state index in [0.717, 1.165) is 35.5 Å². The Morgan fingerprint density at radius 2 is 2.12 bits per heavy atom. The van der Waals surface area contributed by atoms with E-state index in [0.29, 0.717) is 12.8 Å². The molecule has 0 spiro atoms. The van der Waals surface area contributed by atoms with Crippen LogP contribution in [-0.4, -0.2) is 23.8 Å². The first-order valence-electron chi connectivity index (χ1n) is 8.70. The first-order valence-corrected chi connectivity index (χ1v) is 8.70. The smallest absolute Gasteiger partial charge is 0.341 e. The highest BCUT2D eigenvalue weighted by molar-refractivity contribution is 5.86. The summed E-state index contributed by atoms with van der Waals surface area (Å²) in [5, 5.41) is 0. The van der Waals surface area contributed by atoms with Crippen molar-refractivity contribution in [3.8, 4) is 0 Å². The summed E-state index contributed by atoms with van der Waals surface area (Å²) in [7, 11) is 0. The zero-order chi connectivity index (χ0) is 17.1. The lowest BCUT2D eigenvalue weighted by Gasteiger charge is -2.18. The molecule has 4 atom stereocenters. The topological polar surface area (TPSA) is 52.0 Å². The molecule has 4 rings (SSSR count). The lowest BCUT2D eigenvalue weighted by molar-refractivity contribution is -0.154. The van der Waals surface area contributed by atoms with Crippen LogP contribution in [-0.2, 0) is 20.7 Å². The molecule has 2 saturated heterocycles. The second-order valence-electron chi connectivity index (χ2n) is 7.61. The van der Waals surface area contributed by atoms with Gasteiger partial charge in [0.15, 0.2) is 5.60 Å². The zero-order valence-corrected chi connectivity index (χ0v) is 14.6. The SMILES string of the molecule is C=C(C)[C@@H]1CC[C@]23O[C@H]2[C@H](C/C(C)=C\c2cc(C)c(o2)C1)OC3=O. The Kier molecular flexibility index (Phi) is 3.50. The van der Waals surface area contributed by atoms with Gasteiger partial charge in [0, 0.05) is 12.8 Å². The van der Waals surface area contributed by atoms with Crippen LogP contribution in [0.25, 0.3) is 6.08 Å². The molecule has 0 N–H and O–H groups in total. The number of carbonyl (C=O) groups excluding carboxylic acids is 1. The van der Waals surface area contributed by atoms with Gasteiger partial charge in [0.2, 0.25) is 0 Å². The monoisotopic (exact) mass is 328 g/mol. The van der Waals surface area contributed by atoms with Crippen molar-refractivity contribution in [2.45, 2.75) is 64.3 Å². The maximum absolute atomic E-state index is 12.3. The second-order valence-corrected chi connectivity index (χ2v) is 7.61. The van der Waals surface area contributed by atoms with E-state index in [2.05, 4.69) is 19.6 Å². The quantitative estimate of drug-likeness (QED) is 0.445. The van der Waals surface area contributed by atoms with Crippen molar-refractivity contribution in [3.05, 3.63) is 40.9 Å². The van der Waals surface area contributed by atoms with Crippen LogP contribution in [0.4, 0.5) is 0 Å². The number of fused-ring (bicyclic) bond motifs is 2. The fraction of sp³-hybridized carbons (Fsp3) is 0.550. The van der Waals surface area contributed by atoms with Gasteiger partial charge in [-0.15, -0.1) is 0 Å².